The van der Waals surface area contributed by atoms with E-state index in [4.69, 9.17) is 9.47 Å². The lowest BCUT2D eigenvalue weighted by Gasteiger charge is -2.34. The van der Waals surface area contributed by atoms with Crippen LogP contribution in [0.25, 0.3) is 0 Å². The molecule has 1 fully saturated rings. The summed E-state index contributed by atoms with van der Waals surface area (Å²) in [6, 6.07) is 0. The molecule has 0 spiro atoms. The average molecular weight is 216 g/mol. The lowest BCUT2D eigenvalue weighted by Crippen LogP contribution is -2.48. The Labute approximate surface area is 93.1 Å². The normalized spacial score (nSPS) is 21.8. The van der Waals surface area contributed by atoms with Crippen molar-refractivity contribution in [2.45, 2.75) is 13.0 Å². The monoisotopic (exact) mass is 216 g/mol. The van der Waals surface area contributed by atoms with Crippen LogP contribution in [0, 0.1) is 0 Å². The van der Waals surface area contributed by atoms with E-state index in [1.807, 2.05) is 6.92 Å². The van der Waals surface area contributed by atoms with Gasteiger partial charge in [-0.05, 0) is 14.0 Å². The number of ether oxygens (including phenoxy) is 2. The first-order chi connectivity index (χ1) is 7.26. The molecule has 1 heterocycles. The number of hydrogen-bond donors (Lipinski definition) is 0. The Morgan fingerprint density at radius 1 is 1.20 bits per heavy atom. The Balaban J connectivity index is 2.24. The molecule has 0 aromatic rings. The molecule has 0 radical (unpaired) electrons. The topological polar surface area (TPSA) is 24.9 Å². The summed E-state index contributed by atoms with van der Waals surface area (Å²) >= 11 is 0. The predicted octanol–water partition coefficient (Wildman–Crippen LogP) is 0.285. The second kappa shape index (κ2) is 7.17. The number of piperazine rings is 1. The fourth-order valence-corrected chi connectivity index (χ4v) is 1.89. The van der Waals surface area contributed by atoms with Gasteiger partial charge in [0.1, 0.15) is 0 Å². The van der Waals surface area contributed by atoms with Gasteiger partial charge in [-0.3, -0.25) is 4.90 Å². The summed E-state index contributed by atoms with van der Waals surface area (Å²) in [5, 5.41) is 0. The Kier molecular flexibility index (Phi) is 6.17. The van der Waals surface area contributed by atoms with Crippen molar-refractivity contribution in [1.29, 1.82) is 0 Å². The van der Waals surface area contributed by atoms with E-state index < -0.39 is 0 Å². The molecule has 0 aromatic carbocycles. The van der Waals surface area contributed by atoms with Crippen molar-refractivity contribution in [2.24, 2.45) is 0 Å². The van der Waals surface area contributed by atoms with Crippen molar-refractivity contribution in [3.8, 4) is 0 Å². The van der Waals surface area contributed by atoms with Crippen molar-refractivity contribution in [2.75, 3.05) is 60.1 Å². The van der Waals surface area contributed by atoms with Crippen molar-refractivity contribution in [3.63, 3.8) is 0 Å². The first-order valence-electron chi connectivity index (χ1n) is 5.77. The third kappa shape index (κ3) is 4.93. The van der Waals surface area contributed by atoms with Crippen LogP contribution >= 0.6 is 0 Å². The molecule has 0 saturated carbocycles. The smallest absolute Gasteiger partial charge is 0.0934 e. The van der Waals surface area contributed by atoms with Crippen molar-refractivity contribution < 1.29 is 9.47 Å². The number of nitrogens with zero attached hydrogens (tertiary/aromatic N) is 2. The highest BCUT2D eigenvalue weighted by Crippen LogP contribution is 2.03. The van der Waals surface area contributed by atoms with Crippen LogP contribution in [0.5, 0.6) is 0 Å². The first kappa shape index (κ1) is 12.9. The zero-order valence-electron chi connectivity index (χ0n) is 10.2. The highest BCUT2D eigenvalue weighted by molar-refractivity contribution is 4.72. The van der Waals surface area contributed by atoms with Gasteiger partial charge in [-0.15, -0.1) is 0 Å². The van der Waals surface area contributed by atoms with Gasteiger partial charge in [-0.2, -0.15) is 0 Å². The number of hydrogen-bond acceptors (Lipinski definition) is 4. The van der Waals surface area contributed by atoms with Gasteiger partial charge in [0.15, 0.2) is 0 Å². The van der Waals surface area contributed by atoms with E-state index in [-0.39, 0.29) is 6.10 Å². The molecule has 1 saturated heterocycles. The fourth-order valence-electron chi connectivity index (χ4n) is 1.89. The van der Waals surface area contributed by atoms with Gasteiger partial charge >= 0.3 is 0 Å². The summed E-state index contributed by atoms with van der Waals surface area (Å²) in [5.74, 6) is 0. The summed E-state index contributed by atoms with van der Waals surface area (Å²) in [6.07, 6.45) is 0.225. The fraction of sp³-hybridized carbons (Fsp3) is 1.00. The molecule has 1 aliphatic rings. The van der Waals surface area contributed by atoms with E-state index in [0.717, 1.165) is 39.3 Å². The van der Waals surface area contributed by atoms with Crippen LogP contribution in [0.3, 0.4) is 0 Å². The van der Waals surface area contributed by atoms with Crippen LogP contribution in [-0.4, -0.2) is 76.0 Å². The SMILES string of the molecule is CCOC(COC)CN1CCN(C)CC1. The van der Waals surface area contributed by atoms with Gasteiger partial charge in [-0.1, -0.05) is 0 Å². The van der Waals surface area contributed by atoms with E-state index in [1.165, 1.54) is 0 Å². The molecule has 4 heteroatoms. The Morgan fingerprint density at radius 2 is 1.87 bits per heavy atom. The van der Waals surface area contributed by atoms with Gasteiger partial charge in [-0.25, -0.2) is 0 Å². The largest absolute Gasteiger partial charge is 0.382 e. The second-order valence-electron chi connectivity index (χ2n) is 4.14. The minimum absolute atomic E-state index is 0.225. The van der Waals surface area contributed by atoms with Crippen LogP contribution in [0.2, 0.25) is 0 Å². The quantitative estimate of drug-likeness (QED) is 0.637. The maximum Gasteiger partial charge on any atom is 0.0934 e. The molecule has 15 heavy (non-hydrogen) atoms. The van der Waals surface area contributed by atoms with Crippen molar-refractivity contribution in [1.82, 2.24) is 9.80 Å². The summed E-state index contributed by atoms with van der Waals surface area (Å²) in [7, 11) is 3.91. The highest BCUT2D eigenvalue weighted by Gasteiger charge is 2.18. The molecular formula is C11H24N2O2. The molecule has 0 N–H and O–H groups in total. The summed E-state index contributed by atoms with van der Waals surface area (Å²) < 4.78 is 10.8. The van der Waals surface area contributed by atoms with Gasteiger partial charge in [0.25, 0.3) is 0 Å². The Hall–Kier alpha value is -0.160. The van der Waals surface area contributed by atoms with Crippen LogP contribution in [-0.2, 0) is 9.47 Å². The summed E-state index contributed by atoms with van der Waals surface area (Å²) in [6.45, 7) is 9.09. The third-order valence-corrected chi connectivity index (χ3v) is 2.81. The molecule has 90 valence electrons. The zero-order chi connectivity index (χ0) is 11.1. The van der Waals surface area contributed by atoms with Gasteiger partial charge in [0.2, 0.25) is 0 Å². The lowest BCUT2D eigenvalue weighted by atomic mass is 10.3. The molecule has 1 aliphatic heterocycles. The Morgan fingerprint density at radius 3 is 2.40 bits per heavy atom. The minimum Gasteiger partial charge on any atom is -0.382 e. The third-order valence-electron chi connectivity index (χ3n) is 2.81. The van der Waals surface area contributed by atoms with Crippen LogP contribution in [0.4, 0.5) is 0 Å². The maximum atomic E-state index is 5.63. The first-order valence-corrected chi connectivity index (χ1v) is 5.77. The van der Waals surface area contributed by atoms with E-state index >= 15 is 0 Å². The molecule has 1 rings (SSSR count). The molecule has 4 nitrogen and oxygen atoms in total. The van der Waals surface area contributed by atoms with Crippen LogP contribution in [0.1, 0.15) is 6.92 Å². The minimum atomic E-state index is 0.225. The highest BCUT2D eigenvalue weighted by atomic mass is 16.5. The second-order valence-corrected chi connectivity index (χ2v) is 4.14. The molecular weight excluding hydrogens is 192 g/mol. The standard InChI is InChI=1S/C11H24N2O2/c1-4-15-11(10-14-3)9-13-7-5-12(2)6-8-13/h11H,4-10H2,1-3H3. The van der Waals surface area contributed by atoms with E-state index in [9.17, 15) is 0 Å². The Bertz CT molecular complexity index is 153. The van der Waals surface area contributed by atoms with Crippen LogP contribution < -0.4 is 0 Å². The summed E-state index contributed by atoms with van der Waals surface area (Å²) in [5.41, 5.74) is 0. The van der Waals surface area contributed by atoms with Gasteiger partial charge < -0.3 is 14.4 Å². The summed E-state index contributed by atoms with van der Waals surface area (Å²) in [4.78, 5) is 4.82. The molecule has 0 bridgehead atoms. The van der Waals surface area contributed by atoms with Crippen molar-refractivity contribution >= 4 is 0 Å². The van der Waals surface area contributed by atoms with Crippen molar-refractivity contribution in [3.05, 3.63) is 0 Å². The van der Waals surface area contributed by atoms with Crippen LogP contribution in [0.15, 0.2) is 0 Å². The number of rotatable bonds is 6. The number of likely N-dealkylation sites (N-methyl/N-ethyl adjacent to an activating group) is 1. The van der Waals surface area contributed by atoms with Gasteiger partial charge in [0.05, 0.1) is 12.7 Å². The van der Waals surface area contributed by atoms with E-state index in [0.29, 0.717) is 6.61 Å². The molecule has 0 aromatic heterocycles. The molecule has 0 amide bonds. The average Bonchev–Trinajstić information content (AvgIpc) is 2.22. The zero-order valence-corrected chi connectivity index (χ0v) is 10.2. The van der Waals surface area contributed by atoms with E-state index in [2.05, 4.69) is 16.8 Å². The van der Waals surface area contributed by atoms with E-state index in [1.54, 1.807) is 7.11 Å². The lowest BCUT2D eigenvalue weighted by molar-refractivity contribution is -0.0212. The molecule has 1 unspecified atom stereocenters. The number of methoxy groups -OCH3 is 1. The molecule has 0 aliphatic carbocycles. The predicted molar refractivity (Wildman–Crippen MR) is 61.2 cm³/mol. The van der Waals surface area contributed by atoms with Gasteiger partial charge in [0, 0.05) is 46.4 Å². The molecule has 1 atom stereocenters. The maximum absolute atomic E-state index is 5.63.